The summed E-state index contributed by atoms with van der Waals surface area (Å²) in [5.41, 5.74) is 3.07. The van der Waals surface area contributed by atoms with Gasteiger partial charge in [0, 0.05) is 33.0 Å². The van der Waals surface area contributed by atoms with Crippen LogP contribution < -0.4 is 5.32 Å². The monoisotopic (exact) mass is 330 g/mol. The third kappa shape index (κ3) is 3.28. The molecule has 2 nitrogen and oxygen atoms in total. The highest BCUT2D eigenvalue weighted by Gasteiger charge is 2.14. The van der Waals surface area contributed by atoms with Crippen LogP contribution in [-0.2, 0) is 6.42 Å². The van der Waals surface area contributed by atoms with Crippen LogP contribution in [-0.4, -0.2) is 12.0 Å². The molecule has 0 radical (unpaired) electrons. The summed E-state index contributed by atoms with van der Waals surface area (Å²) in [6.07, 6.45) is 2.85. The van der Waals surface area contributed by atoms with E-state index in [4.69, 9.17) is 11.6 Å². The van der Waals surface area contributed by atoms with Gasteiger partial charge in [-0.3, -0.25) is 4.98 Å². The average Bonchev–Trinajstić information content (AvgIpc) is 2.79. The molecule has 5 heteroatoms. The van der Waals surface area contributed by atoms with E-state index < -0.39 is 0 Å². The third-order valence-electron chi connectivity index (χ3n) is 2.58. The predicted octanol–water partition coefficient (Wildman–Crippen LogP) is 4.06. The molecule has 2 aromatic rings. The summed E-state index contributed by atoms with van der Waals surface area (Å²) in [5.74, 6) is 0. The number of nitrogens with one attached hydrogen (secondary N) is 1. The van der Waals surface area contributed by atoms with Crippen molar-refractivity contribution in [3.63, 3.8) is 0 Å². The van der Waals surface area contributed by atoms with Crippen LogP contribution in [0, 0.1) is 0 Å². The average molecular weight is 332 g/mol. The summed E-state index contributed by atoms with van der Waals surface area (Å²) in [7, 11) is 1.97. The Morgan fingerprint density at radius 3 is 2.94 bits per heavy atom. The number of thiazole rings is 1. The minimum Gasteiger partial charge on any atom is -0.313 e. The number of nitrogens with zero attached hydrogens (tertiary/aromatic N) is 1. The van der Waals surface area contributed by atoms with E-state index in [2.05, 4.69) is 32.3 Å². The summed E-state index contributed by atoms with van der Waals surface area (Å²) in [6.45, 7) is 0. The number of halogens is 2. The molecule has 0 aliphatic rings. The smallest absolute Gasteiger partial charge is 0.0794 e. The van der Waals surface area contributed by atoms with Gasteiger partial charge in [-0.15, -0.1) is 11.3 Å². The highest BCUT2D eigenvalue weighted by atomic mass is 79.9. The van der Waals surface area contributed by atoms with Crippen molar-refractivity contribution in [1.29, 1.82) is 0 Å². The van der Waals surface area contributed by atoms with Gasteiger partial charge in [0.1, 0.15) is 0 Å². The van der Waals surface area contributed by atoms with Gasteiger partial charge in [-0.05, 0) is 24.7 Å². The third-order valence-corrected chi connectivity index (χ3v) is 4.30. The van der Waals surface area contributed by atoms with E-state index in [-0.39, 0.29) is 6.04 Å². The van der Waals surface area contributed by atoms with Crippen LogP contribution in [0.3, 0.4) is 0 Å². The van der Waals surface area contributed by atoms with Crippen molar-refractivity contribution in [1.82, 2.24) is 10.3 Å². The quantitative estimate of drug-likeness (QED) is 0.914. The summed E-state index contributed by atoms with van der Waals surface area (Å²) in [5, 5.41) is 4.07. The molecule has 0 aliphatic carbocycles. The van der Waals surface area contributed by atoms with Gasteiger partial charge in [-0.1, -0.05) is 33.6 Å². The zero-order valence-corrected chi connectivity index (χ0v) is 12.4. The molecule has 1 unspecified atom stereocenters. The number of benzene rings is 1. The Labute approximate surface area is 118 Å². The van der Waals surface area contributed by atoms with Crippen LogP contribution in [0.25, 0.3) is 0 Å². The summed E-state index contributed by atoms with van der Waals surface area (Å²) in [6, 6.07) is 6.16. The van der Waals surface area contributed by atoms with Gasteiger partial charge < -0.3 is 5.32 Å². The predicted molar refractivity (Wildman–Crippen MR) is 76.8 cm³/mol. The van der Waals surface area contributed by atoms with Crippen LogP contribution in [0.2, 0.25) is 5.02 Å². The highest BCUT2D eigenvalue weighted by Crippen LogP contribution is 2.29. The van der Waals surface area contributed by atoms with Crippen LogP contribution in [0.15, 0.2) is 34.4 Å². The Kier molecular flexibility index (Phi) is 4.56. The molecule has 1 heterocycles. The Morgan fingerprint density at radius 2 is 2.35 bits per heavy atom. The van der Waals surface area contributed by atoms with Crippen molar-refractivity contribution in [2.24, 2.45) is 0 Å². The fourth-order valence-corrected chi connectivity index (χ4v) is 3.30. The lowest BCUT2D eigenvalue weighted by Gasteiger charge is -2.17. The first-order valence-electron chi connectivity index (χ1n) is 5.20. The number of likely N-dealkylation sites (N-methyl/N-ethyl adjacent to an activating group) is 1. The van der Waals surface area contributed by atoms with Crippen LogP contribution >= 0.6 is 38.9 Å². The summed E-state index contributed by atoms with van der Waals surface area (Å²) >= 11 is 11.2. The molecule has 1 N–H and O–H groups in total. The van der Waals surface area contributed by atoms with Crippen molar-refractivity contribution in [3.8, 4) is 0 Å². The van der Waals surface area contributed by atoms with E-state index >= 15 is 0 Å². The molecule has 0 fully saturated rings. The molecule has 17 heavy (non-hydrogen) atoms. The van der Waals surface area contributed by atoms with Gasteiger partial charge in [0.05, 0.1) is 5.51 Å². The molecule has 0 spiro atoms. The fourth-order valence-electron chi connectivity index (χ4n) is 1.70. The standard InChI is InChI=1S/C12H12BrClN2S/c1-15-12(5-9-6-16-7-17-9)10-3-2-8(14)4-11(10)13/h2-4,6-7,12,15H,5H2,1H3. The maximum absolute atomic E-state index is 5.95. The summed E-state index contributed by atoms with van der Waals surface area (Å²) < 4.78 is 1.04. The zero-order chi connectivity index (χ0) is 12.3. The maximum Gasteiger partial charge on any atom is 0.0794 e. The molecular weight excluding hydrogens is 320 g/mol. The molecule has 0 saturated heterocycles. The van der Waals surface area contributed by atoms with Gasteiger partial charge in [0.2, 0.25) is 0 Å². The number of aromatic nitrogens is 1. The van der Waals surface area contributed by atoms with Gasteiger partial charge >= 0.3 is 0 Å². The first kappa shape index (κ1) is 13.0. The van der Waals surface area contributed by atoms with Crippen LogP contribution in [0.4, 0.5) is 0 Å². The molecule has 0 bridgehead atoms. The van der Waals surface area contributed by atoms with E-state index in [1.807, 2.05) is 30.9 Å². The topological polar surface area (TPSA) is 24.9 Å². The Balaban J connectivity index is 2.23. The second kappa shape index (κ2) is 5.96. The summed E-state index contributed by atoms with van der Waals surface area (Å²) in [4.78, 5) is 5.37. The van der Waals surface area contributed by atoms with E-state index in [1.165, 1.54) is 10.4 Å². The van der Waals surface area contributed by atoms with Crippen molar-refractivity contribution in [2.45, 2.75) is 12.5 Å². The number of rotatable bonds is 4. The second-order valence-electron chi connectivity index (χ2n) is 3.68. The fraction of sp³-hybridized carbons (Fsp3) is 0.250. The van der Waals surface area contributed by atoms with E-state index in [1.54, 1.807) is 11.3 Å². The first-order chi connectivity index (χ1) is 8.20. The minimum absolute atomic E-state index is 0.266. The number of hydrogen-bond acceptors (Lipinski definition) is 3. The van der Waals surface area contributed by atoms with Gasteiger partial charge in [0.15, 0.2) is 0 Å². The molecule has 0 amide bonds. The van der Waals surface area contributed by atoms with Crippen LogP contribution in [0.1, 0.15) is 16.5 Å². The van der Waals surface area contributed by atoms with Crippen molar-refractivity contribution in [3.05, 3.63) is 49.8 Å². The largest absolute Gasteiger partial charge is 0.313 e. The molecule has 0 aliphatic heterocycles. The molecule has 1 aromatic carbocycles. The molecular formula is C12H12BrClN2S. The van der Waals surface area contributed by atoms with Gasteiger partial charge in [-0.25, -0.2) is 0 Å². The van der Waals surface area contributed by atoms with E-state index in [0.717, 1.165) is 15.9 Å². The zero-order valence-electron chi connectivity index (χ0n) is 9.28. The normalized spacial score (nSPS) is 12.6. The molecule has 1 atom stereocenters. The van der Waals surface area contributed by atoms with Gasteiger partial charge in [-0.2, -0.15) is 0 Å². The first-order valence-corrected chi connectivity index (χ1v) is 7.25. The van der Waals surface area contributed by atoms with Crippen molar-refractivity contribution >= 4 is 38.9 Å². The number of hydrogen-bond donors (Lipinski definition) is 1. The lowest BCUT2D eigenvalue weighted by Crippen LogP contribution is -2.18. The Bertz CT molecular complexity index is 487. The van der Waals surface area contributed by atoms with E-state index in [0.29, 0.717) is 0 Å². The van der Waals surface area contributed by atoms with Gasteiger partial charge in [0.25, 0.3) is 0 Å². The molecule has 2 rings (SSSR count). The van der Waals surface area contributed by atoms with Crippen molar-refractivity contribution < 1.29 is 0 Å². The Morgan fingerprint density at radius 1 is 1.53 bits per heavy atom. The maximum atomic E-state index is 5.95. The lowest BCUT2D eigenvalue weighted by molar-refractivity contribution is 0.594. The second-order valence-corrected chi connectivity index (χ2v) is 5.94. The van der Waals surface area contributed by atoms with Crippen LogP contribution in [0.5, 0.6) is 0 Å². The minimum atomic E-state index is 0.266. The molecule has 1 aromatic heterocycles. The molecule has 0 saturated carbocycles. The lowest BCUT2D eigenvalue weighted by atomic mass is 10.0. The SMILES string of the molecule is CNC(Cc1cncs1)c1ccc(Cl)cc1Br. The van der Waals surface area contributed by atoms with Crippen molar-refractivity contribution in [2.75, 3.05) is 7.05 Å². The Hall–Kier alpha value is -0.420. The highest BCUT2D eigenvalue weighted by molar-refractivity contribution is 9.10. The van der Waals surface area contributed by atoms with E-state index in [9.17, 15) is 0 Å². The molecule has 90 valence electrons.